The lowest BCUT2D eigenvalue weighted by molar-refractivity contribution is 0.596. The fourth-order valence-corrected chi connectivity index (χ4v) is 4.15. The Kier molecular flexibility index (Phi) is 4.78. The predicted molar refractivity (Wildman–Crippen MR) is 110 cm³/mol. The van der Waals surface area contributed by atoms with Crippen molar-refractivity contribution in [3.8, 4) is 22.2 Å². The highest BCUT2D eigenvalue weighted by Crippen LogP contribution is 2.28. The van der Waals surface area contributed by atoms with Crippen LogP contribution in [0.4, 0.5) is 0 Å². The molecule has 0 amide bonds. The number of hydrogen-bond donors (Lipinski definition) is 0. The number of aryl methyl sites for hydroxylation is 2. The highest BCUT2D eigenvalue weighted by atomic mass is 32.1. The Balaban J connectivity index is 1.71. The van der Waals surface area contributed by atoms with E-state index in [1.807, 2.05) is 23.5 Å². The molecule has 0 aromatic carbocycles. The van der Waals surface area contributed by atoms with E-state index >= 15 is 0 Å². The smallest absolute Gasteiger partial charge is 0.235 e. The Hall–Kier alpha value is -2.55. The molecule has 0 bridgehead atoms. The molecule has 0 aliphatic carbocycles. The van der Waals surface area contributed by atoms with Crippen LogP contribution >= 0.6 is 11.3 Å². The normalized spacial score (nSPS) is 12.1. The van der Waals surface area contributed by atoms with E-state index < -0.39 is 0 Å². The number of hydrogen-bond acceptors (Lipinski definition) is 6. The number of nitrogens with zero attached hydrogens (tertiary/aromatic N) is 8. The van der Waals surface area contributed by atoms with Crippen LogP contribution in [0.5, 0.6) is 0 Å². The van der Waals surface area contributed by atoms with Crippen molar-refractivity contribution in [2.75, 3.05) is 0 Å². The van der Waals surface area contributed by atoms with E-state index in [0.717, 1.165) is 39.9 Å². The average Bonchev–Trinajstić information content (AvgIpc) is 3.31. The maximum Gasteiger partial charge on any atom is 0.235 e. The summed E-state index contributed by atoms with van der Waals surface area (Å²) in [4.78, 5) is 0.757. The molecule has 8 nitrogen and oxygen atoms in total. The van der Waals surface area contributed by atoms with E-state index in [-0.39, 0.29) is 0 Å². The monoisotopic (exact) mass is 398 g/mol. The van der Waals surface area contributed by atoms with Crippen molar-refractivity contribution < 1.29 is 0 Å². The van der Waals surface area contributed by atoms with Crippen LogP contribution in [0.1, 0.15) is 39.1 Å². The first-order valence-electron chi connectivity index (χ1n) is 9.60. The Morgan fingerprint density at radius 3 is 2.36 bits per heavy atom. The van der Waals surface area contributed by atoms with E-state index in [9.17, 15) is 0 Å². The van der Waals surface area contributed by atoms with E-state index in [1.165, 1.54) is 17.0 Å². The van der Waals surface area contributed by atoms with E-state index in [1.54, 1.807) is 4.52 Å². The minimum absolute atomic E-state index is 0.552. The van der Waals surface area contributed by atoms with Crippen LogP contribution in [0.25, 0.3) is 27.2 Å². The van der Waals surface area contributed by atoms with Gasteiger partial charge in [-0.05, 0) is 36.8 Å². The molecule has 4 heterocycles. The molecule has 0 radical (unpaired) electrons. The van der Waals surface area contributed by atoms with Gasteiger partial charge in [-0.25, -0.2) is 0 Å². The summed E-state index contributed by atoms with van der Waals surface area (Å²) in [6.07, 6.45) is 1.93. The fourth-order valence-electron chi connectivity index (χ4n) is 3.35. The Labute approximate surface area is 168 Å². The van der Waals surface area contributed by atoms with Crippen molar-refractivity contribution in [2.24, 2.45) is 25.9 Å². The van der Waals surface area contributed by atoms with Gasteiger partial charge < -0.3 is 0 Å². The summed E-state index contributed by atoms with van der Waals surface area (Å²) in [5.74, 6) is 1.84. The highest BCUT2D eigenvalue weighted by molar-refractivity contribution is 7.19. The van der Waals surface area contributed by atoms with Crippen LogP contribution < -0.4 is 0 Å². The van der Waals surface area contributed by atoms with Gasteiger partial charge in [-0.3, -0.25) is 9.36 Å². The van der Waals surface area contributed by atoms with Gasteiger partial charge >= 0.3 is 0 Å². The van der Waals surface area contributed by atoms with Crippen molar-refractivity contribution in [1.29, 1.82) is 0 Å². The van der Waals surface area contributed by atoms with Crippen molar-refractivity contribution >= 4 is 16.3 Å². The molecular weight excluding hydrogens is 372 g/mol. The predicted octanol–water partition coefficient (Wildman–Crippen LogP) is 3.38. The Bertz CT molecular complexity index is 1110. The summed E-state index contributed by atoms with van der Waals surface area (Å²) in [5, 5.41) is 23.5. The minimum Gasteiger partial charge on any atom is -0.272 e. The van der Waals surface area contributed by atoms with E-state index in [2.05, 4.69) is 60.2 Å². The van der Waals surface area contributed by atoms with Gasteiger partial charge in [-0.2, -0.15) is 19.8 Å². The summed E-state index contributed by atoms with van der Waals surface area (Å²) < 4.78 is 5.60. The van der Waals surface area contributed by atoms with E-state index in [4.69, 9.17) is 5.10 Å². The second-order valence-electron chi connectivity index (χ2n) is 8.11. The first-order chi connectivity index (χ1) is 13.3. The molecule has 0 fully saturated rings. The lowest BCUT2D eigenvalue weighted by Crippen LogP contribution is -2.02. The van der Waals surface area contributed by atoms with Gasteiger partial charge in [-0.1, -0.05) is 39.0 Å². The average molecular weight is 399 g/mol. The van der Waals surface area contributed by atoms with Crippen LogP contribution in [0, 0.1) is 11.8 Å². The lowest BCUT2D eigenvalue weighted by Gasteiger charge is -2.03. The van der Waals surface area contributed by atoms with Gasteiger partial charge in [0.2, 0.25) is 10.8 Å². The molecule has 28 heavy (non-hydrogen) atoms. The molecule has 9 heteroatoms. The first kappa shape index (κ1) is 18.8. The first-order valence-corrected chi connectivity index (χ1v) is 10.4. The van der Waals surface area contributed by atoms with Crippen molar-refractivity contribution in [3.63, 3.8) is 0 Å². The van der Waals surface area contributed by atoms with Gasteiger partial charge in [0.1, 0.15) is 11.4 Å². The van der Waals surface area contributed by atoms with Crippen LogP contribution in [-0.4, -0.2) is 39.4 Å². The Morgan fingerprint density at radius 1 is 0.893 bits per heavy atom. The van der Waals surface area contributed by atoms with Crippen LogP contribution in [0.15, 0.2) is 12.1 Å². The fraction of sp³-hybridized carbons (Fsp3) is 0.526. The molecule has 0 aliphatic heterocycles. The van der Waals surface area contributed by atoms with Gasteiger partial charge in [0.05, 0.1) is 5.69 Å². The number of fused-ring (bicyclic) bond motifs is 1. The van der Waals surface area contributed by atoms with Gasteiger partial charge in [0, 0.05) is 19.8 Å². The minimum atomic E-state index is 0.552. The van der Waals surface area contributed by atoms with Gasteiger partial charge in [0.15, 0.2) is 5.01 Å². The summed E-state index contributed by atoms with van der Waals surface area (Å²) in [6, 6.07) is 4.20. The summed E-state index contributed by atoms with van der Waals surface area (Å²) in [5.41, 5.74) is 4.07. The molecule has 4 aromatic rings. The Morgan fingerprint density at radius 2 is 1.64 bits per heavy atom. The molecule has 4 rings (SSSR count). The molecule has 0 saturated carbocycles. The molecule has 0 aliphatic rings. The van der Waals surface area contributed by atoms with Crippen molar-refractivity contribution in [2.45, 2.75) is 40.5 Å². The zero-order chi connectivity index (χ0) is 20.0. The molecule has 0 saturated heterocycles. The molecule has 0 atom stereocenters. The second-order valence-corrected chi connectivity index (χ2v) is 9.07. The maximum absolute atomic E-state index is 4.76. The van der Waals surface area contributed by atoms with Crippen LogP contribution in [0.2, 0.25) is 0 Å². The van der Waals surface area contributed by atoms with Gasteiger partial charge in [0.25, 0.3) is 0 Å². The zero-order valence-corrected chi connectivity index (χ0v) is 18.0. The SMILES string of the molecule is CC(C)Cc1cc(-c2nnc3sc(-c4cc(CC(C)C)n(C)n4)nn23)n(C)n1. The maximum atomic E-state index is 4.76. The third kappa shape index (κ3) is 3.46. The standard InChI is InChI=1S/C19H26N8S/c1-11(2)7-13-9-16(26(6)22-13)17-20-21-19-27(17)24-18(28-19)15-10-14(8-12(3)4)25(5)23-15/h9-12H,7-8H2,1-6H3. The topological polar surface area (TPSA) is 78.7 Å². The summed E-state index contributed by atoms with van der Waals surface area (Å²) in [6.45, 7) is 8.81. The number of rotatable bonds is 6. The van der Waals surface area contributed by atoms with Crippen molar-refractivity contribution in [3.05, 3.63) is 23.5 Å². The molecule has 0 N–H and O–H groups in total. The molecule has 0 unspecified atom stereocenters. The summed E-state index contributed by atoms with van der Waals surface area (Å²) in [7, 11) is 3.92. The third-order valence-electron chi connectivity index (χ3n) is 4.58. The van der Waals surface area contributed by atoms with Crippen LogP contribution in [-0.2, 0) is 26.9 Å². The molecular formula is C19H26N8S. The summed E-state index contributed by atoms with van der Waals surface area (Å²) >= 11 is 1.50. The third-order valence-corrected chi connectivity index (χ3v) is 5.50. The van der Waals surface area contributed by atoms with Crippen LogP contribution in [0.3, 0.4) is 0 Å². The lowest BCUT2D eigenvalue weighted by atomic mass is 10.1. The highest BCUT2D eigenvalue weighted by Gasteiger charge is 2.20. The van der Waals surface area contributed by atoms with Gasteiger partial charge in [-0.15, -0.1) is 10.2 Å². The zero-order valence-electron chi connectivity index (χ0n) is 17.2. The van der Waals surface area contributed by atoms with E-state index in [0.29, 0.717) is 17.7 Å². The largest absolute Gasteiger partial charge is 0.272 e. The quantitative estimate of drug-likeness (QED) is 0.497. The molecule has 0 spiro atoms. The molecule has 4 aromatic heterocycles. The molecule has 148 valence electrons. The second kappa shape index (κ2) is 7.12. The van der Waals surface area contributed by atoms with Crippen molar-refractivity contribution in [1.82, 2.24) is 39.4 Å². The number of aromatic nitrogens is 8.